The Hall–Kier alpha value is -2.19. The molecule has 1 amide bonds. The number of carbonyl (C=O) groups excluding carboxylic acids is 2. The first kappa shape index (κ1) is 17.2. The maximum atomic E-state index is 12.3. The molecule has 3 heterocycles. The van der Waals surface area contributed by atoms with Gasteiger partial charge in [-0.05, 0) is 46.9 Å². The van der Waals surface area contributed by atoms with Crippen molar-refractivity contribution in [3.8, 4) is 11.5 Å². The Labute approximate surface area is 158 Å². The van der Waals surface area contributed by atoms with Crippen LogP contribution in [0.5, 0.6) is 11.5 Å². The average molecular weight is 391 g/mol. The molecule has 2 aromatic rings. The molecule has 2 aliphatic rings. The molecule has 6 nitrogen and oxygen atoms in total. The summed E-state index contributed by atoms with van der Waals surface area (Å²) in [6.45, 7) is 0.270. The standard InChI is InChI=1S/C18H17NO5S2/c20-16(19-8-11-1-2-13-14(7-11)24-10-23-13)9-22-18(21)17-12-3-5-25-15(12)4-6-26-17/h1-3,5,7,17H,4,6,8-10H2,(H,19,20). The van der Waals surface area contributed by atoms with Gasteiger partial charge in [-0.1, -0.05) is 6.07 Å². The first-order valence-corrected chi connectivity index (χ1v) is 10.1. The lowest BCUT2D eigenvalue weighted by molar-refractivity contribution is -0.148. The molecule has 0 spiro atoms. The van der Waals surface area contributed by atoms with Crippen molar-refractivity contribution in [2.75, 3.05) is 19.2 Å². The van der Waals surface area contributed by atoms with Gasteiger partial charge in [0.2, 0.25) is 6.79 Å². The highest BCUT2D eigenvalue weighted by Gasteiger charge is 2.29. The van der Waals surface area contributed by atoms with Crippen molar-refractivity contribution < 1.29 is 23.8 Å². The molecule has 0 bridgehead atoms. The Balaban J connectivity index is 1.26. The minimum absolute atomic E-state index is 0.214. The molecule has 0 saturated heterocycles. The van der Waals surface area contributed by atoms with Crippen molar-refractivity contribution >= 4 is 35.0 Å². The van der Waals surface area contributed by atoms with Gasteiger partial charge in [0.15, 0.2) is 18.1 Å². The van der Waals surface area contributed by atoms with Gasteiger partial charge in [0, 0.05) is 11.4 Å². The summed E-state index contributed by atoms with van der Waals surface area (Å²) >= 11 is 3.23. The number of hydrogen-bond acceptors (Lipinski definition) is 7. The Morgan fingerprint density at radius 2 is 2.12 bits per heavy atom. The zero-order chi connectivity index (χ0) is 17.9. The fourth-order valence-electron chi connectivity index (χ4n) is 2.86. The molecule has 4 rings (SSSR count). The van der Waals surface area contributed by atoms with E-state index >= 15 is 0 Å². The average Bonchev–Trinajstić information content (AvgIpc) is 3.32. The van der Waals surface area contributed by atoms with Crippen LogP contribution in [0.3, 0.4) is 0 Å². The lowest BCUT2D eigenvalue weighted by Crippen LogP contribution is -2.29. The molecule has 0 aliphatic carbocycles. The van der Waals surface area contributed by atoms with Gasteiger partial charge in [-0.2, -0.15) is 0 Å². The van der Waals surface area contributed by atoms with Crippen LogP contribution < -0.4 is 14.8 Å². The maximum Gasteiger partial charge on any atom is 0.324 e. The van der Waals surface area contributed by atoms with Crippen molar-refractivity contribution in [2.45, 2.75) is 18.2 Å². The molecule has 0 fully saturated rings. The van der Waals surface area contributed by atoms with Crippen LogP contribution in [0.2, 0.25) is 0 Å². The molecule has 1 unspecified atom stereocenters. The topological polar surface area (TPSA) is 73.9 Å². The Kier molecular flexibility index (Phi) is 5.03. The van der Waals surface area contributed by atoms with Crippen molar-refractivity contribution in [3.05, 3.63) is 45.6 Å². The predicted molar refractivity (Wildman–Crippen MR) is 98.6 cm³/mol. The minimum Gasteiger partial charge on any atom is -0.455 e. The second-order valence-corrected chi connectivity index (χ2v) is 8.09. The largest absolute Gasteiger partial charge is 0.455 e. The van der Waals surface area contributed by atoms with E-state index < -0.39 is 0 Å². The monoisotopic (exact) mass is 391 g/mol. The zero-order valence-corrected chi connectivity index (χ0v) is 15.5. The molecule has 1 atom stereocenters. The van der Waals surface area contributed by atoms with Crippen LogP contribution in [-0.4, -0.2) is 31.0 Å². The molecule has 0 radical (unpaired) electrons. The van der Waals surface area contributed by atoms with E-state index in [9.17, 15) is 9.59 Å². The Bertz CT molecular complexity index is 835. The van der Waals surface area contributed by atoms with E-state index in [4.69, 9.17) is 14.2 Å². The van der Waals surface area contributed by atoms with Crippen LogP contribution in [0, 0.1) is 0 Å². The highest BCUT2D eigenvalue weighted by atomic mass is 32.2. The summed E-state index contributed by atoms with van der Waals surface area (Å²) in [7, 11) is 0. The first-order valence-electron chi connectivity index (χ1n) is 8.20. The number of esters is 1. The molecular weight excluding hydrogens is 374 g/mol. The van der Waals surface area contributed by atoms with Crippen molar-refractivity contribution in [2.24, 2.45) is 0 Å². The quantitative estimate of drug-likeness (QED) is 0.790. The number of nitrogens with one attached hydrogen (secondary N) is 1. The summed E-state index contributed by atoms with van der Waals surface area (Å²) in [5.74, 6) is 1.58. The molecule has 8 heteroatoms. The van der Waals surface area contributed by atoms with Crippen LogP contribution in [0.25, 0.3) is 0 Å². The lowest BCUT2D eigenvalue weighted by atomic mass is 10.1. The molecule has 0 saturated carbocycles. The highest BCUT2D eigenvalue weighted by Crippen LogP contribution is 2.40. The number of ether oxygens (including phenoxy) is 3. The van der Waals surface area contributed by atoms with Crippen LogP contribution in [0.15, 0.2) is 29.6 Å². The summed E-state index contributed by atoms with van der Waals surface area (Å²) in [5.41, 5.74) is 1.91. The first-order chi connectivity index (χ1) is 12.7. The lowest BCUT2D eigenvalue weighted by Gasteiger charge is -2.20. The van der Waals surface area contributed by atoms with E-state index in [0.717, 1.165) is 23.3 Å². The second-order valence-electron chi connectivity index (χ2n) is 5.87. The smallest absolute Gasteiger partial charge is 0.324 e. The third-order valence-corrected chi connectivity index (χ3v) is 6.38. The molecule has 1 aromatic carbocycles. The van der Waals surface area contributed by atoms with Gasteiger partial charge >= 0.3 is 5.97 Å². The number of benzene rings is 1. The molecule has 1 aromatic heterocycles. The van der Waals surface area contributed by atoms with E-state index in [2.05, 4.69) is 5.32 Å². The molecule has 26 heavy (non-hydrogen) atoms. The van der Waals surface area contributed by atoms with E-state index in [1.165, 1.54) is 4.88 Å². The van der Waals surface area contributed by atoms with Gasteiger partial charge in [0.05, 0.1) is 0 Å². The van der Waals surface area contributed by atoms with Crippen LogP contribution >= 0.6 is 23.1 Å². The maximum absolute atomic E-state index is 12.3. The summed E-state index contributed by atoms with van der Waals surface area (Å²) in [4.78, 5) is 25.5. The van der Waals surface area contributed by atoms with Crippen molar-refractivity contribution in [3.63, 3.8) is 0 Å². The SMILES string of the molecule is O=C(COC(=O)C1SCCc2sccc21)NCc1ccc2c(c1)OCO2. The van der Waals surface area contributed by atoms with Gasteiger partial charge in [0.25, 0.3) is 5.91 Å². The molecule has 1 N–H and O–H groups in total. The van der Waals surface area contributed by atoms with Gasteiger partial charge in [0.1, 0.15) is 5.25 Å². The number of aryl methyl sites for hydroxylation is 1. The Morgan fingerprint density at radius 1 is 1.23 bits per heavy atom. The predicted octanol–water partition coefficient (Wildman–Crippen LogP) is 2.67. The molecule has 2 aliphatic heterocycles. The van der Waals surface area contributed by atoms with Crippen LogP contribution in [-0.2, 0) is 27.3 Å². The van der Waals surface area contributed by atoms with E-state index in [0.29, 0.717) is 18.0 Å². The number of amides is 1. The number of hydrogen-bond donors (Lipinski definition) is 1. The fourth-order valence-corrected chi connectivity index (χ4v) is 5.14. The van der Waals surface area contributed by atoms with Gasteiger partial charge in [-0.15, -0.1) is 23.1 Å². The number of thiophene rings is 1. The molecular formula is C18H17NO5S2. The normalized spacial score (nSPS) is 17.5. The summed E-state index contributed by atoms with van der Waals surface area (Å²) in [5, 5.41) is 4.41. The van der Waals surface area contributed by atoms with Gasteiger partial charge in [-0.3, -0.25) is 9.59 Å². The highest BCUT2D eigenvalue weighted by molar-refractivity contribution is 8.00. The minimum atomic E-state index is -0.354. The third kappa shape index (κ3) is 3.66. The third-order valence-electron chi connectivity index (χ3n) is 4.16. The van der Waals surface area contributed by atoms with Gasteiger partial charge in [-0.25, -0.2) is 0 Å². The second kappa shape index (κ2) is 7.59. The number of fused-ring (bicyclic) bond motifs is 2. The van der Waals surface area contributed by atoms with Crippen LogP contribution in [0.1, 0.15) is 21.3 Å². The fraction of sp³-hybridized carbons (Fsp3) is 0.333. The van der Waals surface area contributed by atoms with Crippen LogP contribution in [0.4, 0.5) is 0 Å². The summed E-state index contributed by atoms with van der Waals surface area (Å²) in [6.07, 6.45) is 0.984. The Morgan fingerprint density at radius 3 is 3.04 bits per heavy atom. The number of thioether (sulfide) groups is 1. The summed E-state index contributed by atoms with van der Waals surface area (Å²) in [6, 6.07) is 7.46. The zero-order valence-electron chi connectivity index (χ0n) is 13.9. The van der Waals surface area contributed by atoms with E-state index in [1.807, 2.05) is 29.6 Å². The van der Waals surface area contributed by atoms with E-state index in [-0.39, 0.29) is 30.5 Å². The number of carbonyl (C=O) groups is 2. The van der Waals surface area contributed by atoms with Crippen molar-refractivity contribution in [1.29, 1.82) is 0 Å². The summed E-state index contributed by atoms with van der Waals surface area (Å²) < 4.78 is 15.8. The molecule has 136 valence electrons. The number of rotatable bonds is 5. The van der Waals surface area contributed by atoms with Gasteiger partial charge < -0.3 is 19.5 Å². The van der Waals surface area contributed by atoms with E-state index in [1.54, 1.807) is 23.1 Å². The van der Waals surface area contributed by atoms with Crippen molar-refractivity contribution in [1.82, 2.24) is 5.32 Å².